The minimum atomic E-state index is -0.469. The van der Waals surface area contributed by atoms with Gasteiger partial charge in [-0.15, -0.1) is 0 Å². The molecule has 1 aliphatic carbocycles. The van der Waals surface area contributed by atoms with Gasteiger partial charge < -0.3 is 20.1 Å². The molecule has 0 radical (unpaired) electrons. The van der Waals surface area contributed by atoms with Crippen LogP contribution in [0.1, 0.15) is 19.3 Å². The van der Waals surface area contributed by atoms with E-state index in [4.69, 9.17) is 15.2 Å². The van der Waals surface area contributed by atoms with Crippen LogP contribution in [0.15, 0.2) is 0 Å². The Morgan fingerprint density at radius 1 is 1.47 bits per heavy atom. The van der Waals surface area contributed by atoms with E-state index in [9.17, 15) is 4.79 Å². The molecule has 100 valence electrons. The number of nitrogens with two attached hydrogens (primary N) is 1. The molecule has 1 aliphatic rings. The fourth-order valence-electron chi connectivity index (χ4n) is 1.50. The van der Waals surface area contributed by atoms with E-state index in [1.165, 1.54) is 12.8 Å². The molecule has 17 heavy (non-hydrogen) atoms. The number of methoxy groups -OCH3 is 1. The van der Waals surface area contributed by atoms with E-state index in [1.807, 2.05) is 0 Å². The smallest absolute Gasteiger partial charge is 0.239 e. The molecule has 0 heterocycles. The summed E-state index contributed by atoms with van der Waals surface area (Å²) in [5, 5.41) is 0. The van der Waals surface area contributed by atoms with Crippen molar-refractivity contribution in [1.29, 1.82) is 0 Å². The van der Waals surface area contributed by atoms with Crippen LogP contribution < -0.4 is 5.73 Å². The normalized spacial score (nSPS) is 16.9. The number of hydrogen-bond acceptors (Lipinski definition) is 4. The molecule has 2 N–H and O–H groups in total. The van der Waals surface area contributed by atoms with Crippen LogP contribution in [-0.4, -0.2) is 57.4 Å². The summed E-state index contributed by atoms with van der Waals surface area (Å²) in [7, 11) is 3.36. The third kappa shape index (κ3) is 6.00. The molecule has 0 aliphatic heterocycles. The number of nitrogens with zero attached hydrogens (tertiary/aromatic N) is 1. The van der Waals surface area contributed by atoms with E-state index in [0.717, 1.165) is 12.5 Å². The van der Waals surface area contributed by atoms with Gasteiger partial charge in [-0.1, -0.05) is 0 Å². The second kappa shape index (κ2) is 7.63. The summed E-state index contributed by atoms with van der Waals surface area (Å²) < 4.78 is 10.4. The first-order valence-corrected chi connectivity index (χ1v) is 6.22. The predicted molar refractivity (Wildman–Crippen MR) is 65.6 cm³/mol. The molecule has 5 nitrogen and oxygen atoms in total. The molecule has 1 atom stereocenters. The van der Waals surface area contributed by atoms with E-state index in [2.05, 4.69) is 0 Å². The molecule has 0 aromatic rings. The molecule has 0 spiro atoms. The fraction of sp³-hybridized carbons (Fsp3) is 0.917. The number of carbonyl (C=O) groups excluding carboxylic acids is 1. The monoisotopic (exact) mass is 244 g/mol. The average Bonchev–Trinajstić information content (AvgIpc) is 3.14. The van der Waals surface area contributed by atoms with Crippen molar-refractivity contribution in [3.63, 3.8) is 0 Å². The maximum atomic E-state index is 11.8. The number of amides is 1. The van der Waals surface area contributed by atoms with Gasteiger partial charge in [0.25, 0.3) is 0 Å². The third-order valence-corrected chi connectivity index (χ3v) is 2.95. The first-order chi connectivity index (χ1) is 8.15. The second-order valence-corrected chi connectivity index (χ2v) is 4.67. The first kappa shape index (κ1) is 14.4. The zero-order valence-corrected chi connectivity index (χ0v) is 10.9. The van der Waals surface area contributed by atoms with Crippen molar-refractivity contribution in [2.24, 2.45) is 11.7 Å². The van der Waals surface area contributed by atoms with Gasteiger partial charge in [-0.25, -0.2) is 0 Å². The number of likely N-dealkylation sites (N-methyl/N-ethyl adjacent to an activating group) is 1. The number of ether oxygens (including phenoxy) is 2. The molecule has 1 amide bonds. The summed E-state index contributed by atoms with van der Waals surface area (Å²) in [6.07, 6.45) is 3.13. The highest BCUT2D eigenvalue weighted by Gasteiger charge is 2.21. The molecule has 1 unspecified atom stereocenters. The maximum Gasteiger partial charge on any atom is 0.239 e. The SMILES string of the molecule is COCCC(N)C(=O)N(C)CCOCC1CC1. The van der Waals surface area contributed by atoms with Crippen molar-refractivity contribution in [3.8, 4) is 0 Å². The Morgan fingerprint density at radius 3 is 2.76 bits per heavy atom. The lowest BCUT2D eigenvalue weighted by atomic mass is 10.2. The molecule has 1 rings (SSSR count). The van der Waals surface area contributed by atoms with Gasteiger partial charge in [0.1, 0.15) is 0 Å². The quantitative estimate of drug-likeness (QED) is 0.590. The van der Waals surface area contributed by atoms with Crippen molar-refractivity contribution in [2.75, 3.05) is 40.5 Å². The van der Waals surface area contributed by atoms with Crippen molar-refractivity contribution in [3.05, 3.63) is 0 Å². The average molecular weight is 244 g/mol. The lowest BCUT2D eigenvalue weighted by Crippen LogP contribution is -2.43. The zero-order valence-electron chi connectivity index (χ0n) is 10.9. The van der Waals surface area contributed by atoms with Gasteiger partial charge >= 0.3 is 0 Å². The van der Waals surface area contributed by atoms with Crippen LogP contribution in [0.3, 0.4) is 0 Å². The van der Waals surface area contributed by atoms with Gasteiger partial charge in [0, 0.05) is 33.9 Å². The fourth-order valence-corrected chi connectivity index (χ4v) is 1.50. The third-order valence-electron chi connectivity index (χ3n) is 2.95. The molecule has 1 saturated carbocycles. The van der Waals surface area contributed by atoms with E-state index in [1.54, 1.807) is 19.1 Å². The summed E-state index contributed by atoms with van der Waals surface area (Å²) in [5.41, 5.74) is 5.75. The molecule has 0 aromatic carbocycles. The van der Waals surface area contributed by atoms with Crippen LogP contribution in [0.5, 0.6) is 0 Å². The van der Waals surface area contributed by atoms with E-state index < -0.39 is 6.04 Å². The zero-order chi connectivity index (χ0) is 12.7. The summed E-state index contributed by atoms with van der Waals surface area (Å²) in [6, 6.07) is -0.469. The molecule has 5 heteroatoms. The molecular weight excluding hydrogens is 220 g/mol. The maximum absolute atomic E-state index is 11.8. The molecule has 0 saturated heterocycles. The van der Waals surface area contributed by atoms with E-state index in [0.29, 0.717) is 26.2 Å². The van der Waals surface area contributed by atoms with E-state index in [-0.39, 0.29) is 5.91 Å². The second-order valence-electron chi connectivity index (χ2n) is 4.67. The molecule has 0 bridgehead atoms. The molecule has 0 aromatic heterocycles. The van der Waals surface area contributed by atoms with Crippen LogP contribution in [0.2, 0.25) is 0 Å². The Balaban J connectivity index is 2.06. The topological polar surface area (TPSA) is 64.8 Å². The highest BCUT2D eigenvalue weighted by molar-refractivity contribution is 5.81. The lowest BCUT2D eigenvalue weighted by Gasteiger charge is -2.21. The van der Waals surface area contributed by atoms with Gasteiger partial charge in [-0.2, -0.15) is 0 Å². The Kier molecular flexibility index (Phi) is 6.47. The summed E-state index contributed by atoms with van der Waals surface area (Å²) >= 11 is 0. The Morgan fingerprint density at radius 2 is 2.18 bits per heavy atom. The summed E-state index contributed by atoms with van der Waals surface area (Å²) in [5.74, 6) is 0.719. The standard InChI is InChI=1S/C12H24N2O3/c1-14(6-8-17-9-10-3-4-10)12(15)11(13)5-7-16-2/h10-11H,3-9,13H2,1-2H3. The highest BCUT2D eigenvalue weighted by Crippen LogP contribution is 2.28. The minimum Gasteiger partial charge on any atom is -0.385 e. The largest absolute Gasteiger partial charge is 0.385 e. The van der Waals surface area contributed by atoms with Crippen LogP contribution in [0.25, 0.3) is 0 Å². The van der Waals surface area contributed by atoms with Gasteiger partial charge in [-0.3, -0.25) is 4.79 Å². The van der Waals surface area contributed by atoms with Gasteiger partial charge in [0.05, 0.1) is 12.6 Å². The van der Waals surface area contributed by atoms with Crippen LogP contribution in [0, 0.1) is 5.92 Å². The number of hydrogen-bond donors (Lipinski definition) is 1. The Labute approximate surface area is 103 Å². The van der Waals surface area contributed by atoms with Crippen molar-refractivity contribution in [1.82, 2.24) is 4.90 Å². The van der Waals surface area contributed by atoms with Crippen molar-refractivity contribution in [2.45, 2.75) is 25.3 Å². The van der Waals surface area contributed by atoms with Gasteiger partial charge in [-0.05, 0) is 25.2 Å². The summed E-state index contributed by atoms with van der Waals surface area (Å²) in [4.78, 5) is 13.4. The molecular formula is C12H24N2O3. The predicted octanol–water partition coefficient (Wildman–Crippen LogP) is 0.235. The minimum absolute atomic E-state index is 0.0444. The summed E-state index contributed by atoms with van der Waals surface area (Å²) in [6.45, 7) is 2.54. The number of rotatable bonds is 9. The van der Waals surface area contributed by atoms with Gasteiger partial charge in [0.2, 0.25) is 5.91 Å². The van der Waals surface area contributed by atoms with Crippen LogP contribution in [0.4, 0.5) is 0 Å². The molecule has 1 fully saturated rings. The highest BCUT2D eigenvalue weighted by atomic mass is 16.5. The Hall–Kier alpha value is -0.650. The Bertz CT molecular complexity index is 232. The van der Waals surface area contributed by atoms with Crippen molar-refractivity contribution < 1.29 is 14.3 Å². The lowest BCUT2D eigenvalue weighted by molar-refractivity contribution is -0.132. The van der Waals surface area contributed by atoms with Gasteiger partial charge in [0.15, 0.2) is 0 Å². The first-order valence-electron chi connectivity index (χ1n) is 6.22. The van der Waals surface area contributed by atoms with Crippen LogP contribution >= 0.6 is 0 Å². The van der Waals surface area contributed by atoms with Crippen LogP contribution in [-0.2, 0) is 14.3 Å². The van der Waals surface area contributed by atoms with Crippen molar-refractivity contribution >= 4 is 5.91 Å². The number of carbonyl (C=O) groups is 1. The van der Waals surface area contributed by atoms with E-state index >= 15 is 0 Å².